The largest absolute Gasteiger partial charge is 0.339 e. The number of anilines is 1. The summed E-state index contributed by atoms with van der Waals surface area (Å²) in [5.74, 6) is 0.769. The third-order valence-electron chi connectivity index (χ3n) is 5.76. The molecule has 5 rings (SSSR count). The molecule has 8 heteroatoms. The summed E-state index contributed by atoms with van der Waals surface area (Å²) in [6, 6.07) is 13.4. The molecule has 0 aliphatic carbocycles. The Morgan fingerprint density at radius 2 is 1.81 bits per heavy atom. The molecule has 0 N–H and O–H groups in total. The zero-order valence-corrected chi connectivity index (χ0v) is 17.5. The zero-order chi connectivity index (χ0) is 21.7. The summed E-state index contributed by atoms with van der Waals surface area (Å²) in [5, 5.41) is 4.12. The van der Waals surface area contributed by atoms with Crippen LogP contribution in [-0.4, -0.2) is 32.1 Å². The molecule has 156 valence electrons. The average molecular weight is 415 g/mol. The van der Waals surface area contributed by atoms with Crippen molar-refractivity contribution in [3.8, 4) is 11.4 Å². The lowest BCUT2D eigenvalue weighted by Crippen LogP contribution is -2.24. The van der Waals surface area contributed by atoms with Crippen LogP contribution in [0.4, 0.5) is 5.69 Å². The van der Waals surface area contributed by atoms with Crippen LogP contribution in [0.15, 0.2) is 51.8 Å². The molecule has 1 aliphatic rings. The van der Waals surface area contributed by atoms with Crippen LogP contribution in [0.3, 0.4) is 0 Å². The van der Waals surface area contributed by atoms with Crippen molar-refractivity contribution in [3.05, 3.63) is 70.0 Å². The van der Waals surface area contributed by atoms with Gasteiger partial charge < -0.3 is 14.0 Å². The monoisotopic (exact) mass is 415 g/mol. The Kier molecular flexibility index (Phi) is 4.43. The van der Waals surface area contributed by atoms with Gasteiger partial charge in [0.1, 0.15) is 5.69 Å². The smallest absolute Gasteiger partial charge is 0.272 e. The summed E-state index contributed by atoms with van der Waals surface area (Å²) >= 11 is 0. The number of aromatic nitrogens is 4. The van der Waals surface area contributed by atoms with E-state index in [9.17, 15) is 9.59 Å². The number of aryl methyl sites for hydroxylation is 3. The Hall–Kier alpha value is -3.81. The highest BCUT2D eigenvalue weighted by Crippen LogP contribution is 2.32. The van der Waals surface area contributed by atoms with E-state index >= 15 is 0 Å². The van der Waals surface area contributed by atoms with Crippen LogP contribution in [0.1, 0.15) is 29.5 Å². The van der Waals surface area contributed by atoms with Gasteiger partial charge in [0, 0.05) is 31.3 Å². The summed E-state index contributed by atoms with van der Waals surface area (Å²) in [5.41, 5.74) is 4.50. The number of hydrogen-bond acceptors (Lipinski definition) is 6. The summed E-state index contributed by atoms with van der Waals surface area (Å²) in [6.07, 6.45) is 0.329. The normalized spacial score (nSPS) is 16.4. The van der Waals surface area contributed by atoms with Crippen molar-refractivity contribution in [1.29, 1.82) is 0 Å². The van der Waals surface area contributed by atoms with Crippen molar-refractivity contribution in [3.63, 3.8) is 0 Å². The first-order chi connectivity index (χ1) is 14.9. The molecule has 0 saturated carbocycles. The first kappa shape index (κ1) is 19.2. The summed E-state index contributed by atoms with van der Waals surface area (Å²) < 4.78 is 7.09. The highest BCUT2D eigenvalue weighted by atomic mass is 16.5. The molecular weight excluding hydrogens is 394 g/mol. The molecule has 3 heterocycles. The van der Waals surface area contributed by atoms with Gasteiger partial charge >= 0.3 is 0 Å². The van der Waals surface area contributed by atoms with E-state index in [1.807, 2.05) is 49.4 Å². The predicted octanol–water partition coefficient (Wildman–Crippen LogP) is 3.12. The van der Waals surface area contributed by atoms with Gasteiger partial charge in [-0.3, -0.25) is 9.59 Å². The number of amides is 1. The molecule has 0 spiro atoms. The topological polar surface area (TPSA) is 94.1 Å². The van der Waals surface area contributed by atoms with Crippen LogP contribution < -0.4 is 10.5 Å². The van der Waals surface area contributed by atoms with E-state index in [1.54, 1.807) is 23.4 Å². The maximum atomic E-state index is 12.6. The third kappa shape index (κ3) is 3.30. The Bertz CT molecular complexity index is 1370. The maximum absolute atomic E-state index is 12.6. The second-order valence-corrected chi connectivity index (χ2v) is 7.96. The number of hydrogen-bond donors (Lipinski definition) is 0. The number of carbonyl (C=O) groups excluding carboxylic acids is 1. The molecule has 0 bridgehead atoms. The molecule has 2 aromatic carbocycles. The molecule has 0 radical (unpaired) electrons. The van der Waals surface area contributed by atoms with Gasteiger partial charge in [0.05, 0.1) is 17.0 Å². The van der Waals surface area contributed by atoms with E-state index in [0.29, 0.717) is 35.9 Å². The number of fused-ring (bicyclic) bond motifs is 1. The lowest BCUT2D eigenvalue weighted by molar-refractivity contribution is -0.117. The van der Waals surface area contributed by atoms with Crippen molar-refractivity contribution in [1.82, 2.24) is 19.7 Å². The SMILES string of the molecule is Cc1ccc(N2C[C@H](c3nc(-c4ccc5c(c4)nc(C)c(=O)n5C)no3)CC2=O)cc1. The van der Waals surface area contributed by atoms with Crippen LogP contribution in [0.5, 0.6) is 0 Å². The summed E-state index contributed by atoms with van der Waals surface area (Å²) in [6.45, 7) is 4.21. The molecule has 1 fully saturated rings. The average Bonchev–Trinajstić information content (AvgIpc) is 3.39. The molecule has 1 saturated heterocycles. The van der Waals surface area contributed by atoms with Crippen molar-refractivity contribution in [2.75, 3.05) is 11.4 Å². The molecule has 1 atom stereocenters. The van der Waals surface area contributed by atoms with Crippen molar-refractivity contribution < 1.29 is 9.32 Å². The number of benzene rings is 2. The molecule has 31 heavy (non-hydrogen) atoms. The molecule has 8 nitrogen and oxygen atoms in total. The molecule has 1 amide bonds. The zero-order valence-electron chi connectivity index (χ0n) is 17.5. The Balaban J connectivity index is 1.43. The van der Waals surface area contributed by atoms with Gasteiger partial charge in [-0.1, -0.05) is 22.9 Å². The lowest BCUT2D eigenvalue weighted by Gasteiger charge is -2.16. The quantitative estimate of drug-likeness (QED) is 0.510. The molecule has 0 unspecified atom stereocenters. The number of nitrogens with zero attached hydrogens (tertiary/aromatic N) is 5. The van der Waals surface area contributed by atoms with E-state index in [0.717, 1.165) is 22.3 Å². The highest BCUT2D eigenvalue weighted by Gasteiger charge is 2.35. The van der Waals surface area contributed by atoms with Gasteiger partial charge in [-0.2, -0.15) is 4.98 Å². The predicted molar refractivity (Wildman–Crippen MR) is 116 cm³/mol. The van der Waals surface area contributed by atoms with Crippen LogP contribution >= 0.6 is 0 Å². The van der Waals surface area contributed by atoms with Gasteiger partial charge in [-0.05, 0) is 44.2 Å². The second-order valence-electron chi connectivity index (χ2n) is 7.96. The van der Waals surface area contributed by atoms with Gasteiger partial charge in [-0.25, -0.2) is 4.98 Å². The van der Waals surface area contributed by atoms with Crippen molar-refractivity contribution in [2.45, 2.75) is 26.2 Å². The summed E-state index contributed by atoms with van der Waals surface area (Å²) in [7, 11) is 1.72. The van der Waals surface area contributed by atoms with E-state index < -0.39 is 0 Å². The second kappa shape index (κ2) is 7.16. The van der Waals surface area contributed by atoms with Gasteiger partial charge in [-0.15, -0.1) is 0 Å². The third-order valence-corrected chi connectivity index (χ3v) is 5.76. The van der Waals surface area contributed by atoms with E-state index in [4.69, 9.17) is 4.52 Å². The number of carbonyl (C=O) groups is 1. The van der Waals surface area contributed by atoms with Crippen molar-refractivity contribution >= 4 is 22.6 Å². The molecule has 4 aromatic rings. The minimum atomic E-state index is -0.156. The standard InChI is InChI=1S/C23H21N5O3/c1-13-4-7-17(8-5-13)28-12-16(11-20(28)29)22-25-21(26-31-22)15-6-9-19-18(10-15)24-14(2)23(30)27(19)3/h4-10,16H,11-12H2,1-3H3/t16-/m1/s1. The first-order valence-corrected chi connectivity index (χ1v) is 10.1. The minimum Gasteiger partial charge on any atom is -0.339 e. The minimum absolute atomic E-state index is 0.0416. The Labute approximate surface area is 178 Å². The number of rotatable bonds is 3. The van der Waals surface area contributed by atoms with E-state index in [2.05, 4.69) is 15.1 Å². The molecular formula is C23H21N5O3. The van der Waals surface area contributed by atoms with Crippen LogP contribution in [-0.2, 0) is 11.8 Å². The van der Waals surface area contributed by atoms with Gasteiger partial charge in [0.25, 0.3) is 5.56 Å². The Morgan fingerprint density at radius 1 is 1.03 bits per heavy atom. The fourth-order valence-corrected chi connectivity index (χ4v) is 3.98. The fraction of sp³-hybridized carbons (Fsp3) is 0.261. The lowest BCUT2D eigenvalue weighted by atomic mass is 10.1. The molecule has 1 aliphatic heterocycles. The van der Waals surface area contributed by atoms with Gasteiger partial charge in [0.2, 0.25) is 17.6 Å². The van der Waals surface area contributed by atoms with Crippen LogP contribution in [0.25, 0.3) is 22.4 Å². The first-order valence-electron chi connectivity index (χ1n) is 10.1. The van der Waals surface area contributed by atoms with Crippen LogP contribution in [0, 0.1) is 13.8 Å². The molecule has 2 aromatic heterocycles. The van der Waals surface area contributed by atoms with E-state index in [-0.39, 0.29) is 17.4 Å². The van der Waals surface area contributed by atoms with Gasteiger partial charge in [0.15, 0.2) is 0 Å². The van der Waals surface area contributed by atoms with Crippen LogP contribution in [0.2, 0.25) is 0 Å². The Morgan fingerprint density at radius 3 is 2.58 bits per heavy atom. The van der Waals surface area contributed by atoms with Crippen molar-refractivity contribution in [2.24, 2.45) is 7.05 Å². The summed E-state index contributed by atoms with van der Waals surface area (Å²) in [4.78, 5) is 35.4. The highest BCUT2D eigenvalue weighted by molar-refractivity contribution is 5.96. The fourth-order valence-electron chi connectivity index (χ4n) is 3.98. The maximum Gasteiger partial charge on any atom is 0.272 e. The van der Waals surface area contributed by atoms with E-state index in [1.165, 1.54) is 0 Å².